The molecule has 124 valence electrons. The molecule has 1 atom stereocenters. The molecule has 0 amide bonds. The largest absolute Gasteiger partial charge is 0.337 e. The number of alkyl halides is 1. The molecule has 0 aromatic heterocycles. The van der Waals surface area contributed by atoms with Crippen molar-refractivity contribution in [3.8, 4) is 5.75 Å². The number of benzene rings is 2. The van der Waals surface area contributed by atoms with E-state index in [1.165, 1.54) is 30.6 Å². The zero-order valence-corrected chi connectivity index (χ0v) is 13.6. The number of nitro groups is 1. The van der Waals surface area contributed by atoms with Gasteiger partial charge in [0.1, 0.15) is 12.9 Å². The minimum Gasteiger partial charge on any atom is -0.337 e. The number of non-ortho nitro benzene ring substituents is 1. The van der Waals surface area contributed by atoms with Crippen LogP contribution in [0.2, 0.25) is 0 Å². The van der Waals surface area contributed by atoms with Crippen molar-refractivity contribution in [2.75, 3.05) is 6.38 Å². The molecule has 0 bridgehead atoms. The molecule has 2 rings (SSSR count). The van der Waals surface area contributed by atoms with E-state index in [0.717, 1.165) is 5.56 Å². The average Bonchev–Trinajstić information content (AvgIpc) is 2.64. The molecular formula is C16H18ClNO5. The Morgan fingerprint density at radius 3 is 2.04 bits per heavy atom. The summed E-state index contributed by atoms with van der Waals surface area (Å²) < 4.78 is 0. The second kappa shape index (κ2) is 12.1. The molecule has 0 aliphatic heterocycles. The lowest BCUT2D eigenvalue weighted by Crippen LogP contribution is -2.03. The van der Waals surface area contributed by atoms with Crippen molar-refractivity contribution in [3.63, 3.8) is 0 Å². The van der Waals surface area contributed by atoms with Crippen molar-refractivity contribution in [2.45, 2.75) is 13.0 Å². The van der Waals surface area contributed by atoms with Crippen LogP contribution in [0.15, 0.2) is 54.6 Å². The lowest BCUT2D eigenvalue weighted by molar-refractivity contribution is -0.384. The van der Waals surface area contributed by atoms with E-state index in [2.05, 4.69) is 11.6 Å². The van der Waals surface area contributed by atoms with Crippen LogP contribution in [0.4, 0.5) is 5.69 Å². The third-order valence-corrected chi connectivity index (χ3v) is 2.61. The number of hydrogen-bond acceptors (Lipinski definition) is 5. The first-order valence-corrected chi connectivity index (χ1v) is 7.22. The topological polar surface area (TPSA) is 78.7 Å². The summed E-state index contributed by atoms with van der Waals surface area (Å²) in [6.07, 6.45) is 1.25. The summed E-state index contributed by atoms with van der Waals surface area (Å²) in [5.41, 5.74) is 1.01. The molecule has 0 saturated carbocycles. The van der Waals surface area contributed by atoms with Crippen LogP contribution >= 0.6 is 11.6 Å². The molecule has 0 spiro atoms. The maximum atomic E-state index is 10.5. The Balaban J connectivity index is 0.00000112. The van der Waals surface area contributed by atoms with Gasteiger partial charge in [-0.1, -0.05) is 30.3 Å². The summed E-state index contributed by atoms with van der Waals surface area (Å²) >= 11 is 4.64. The highest BCUT2D eigenvalue weighted by molar-refractivity contribution is 6.15. The summed E-state index contributed by atoms with van der Waals surface area (Å²) in [6, 6.07) is 15.4. The molecule has 1 unspecified atom stereocenters. The summed E-state index contributed by atoms with van der Waals surface area (Å²) in [6.45, 7) is 3.86. The lowest BCUT2D eigenvalue weighted by atomic mass is 10.1. The van der Waals surface area contributed by atoms with Gasteiger partial charge in [0.05, 0.1) is 4.92 Å². The molecule has 0 fully saturated rings. The summed E-state index contributed by atoms with van der Waals surface area (Å²) in [4.78, 5) is 28.4. The van der Waals surface area contributed by atoms with E-state index in [4.69, 9.17) is 14.6 Å². The van der Waals surface area contributed by atoms with Crippen LogP contribution in [-0.2, 0) is 9.68 Å². The Morgan fingerprint density at radius 2 is 1.57 bits per heavy atom. The molecule has 0 heterocycles. The van der Waals surface area contributed by atoms with Gasteiger partial charge in [0.25, 0.3) is 5.69 Å². The van der Waals surface area contributed by atoms with Gasteiger partial charge < -0.3 is 9.68 Å². The van der Waals surface area contributed by atoms with Gasteiger partial charge in [-0.3, -0.25) is 10.1 Å². The molecule has 7 heteroatoms. The molecule has 0 aliphatic carbocycles. The minimum atomic E-state index is -0.461. The van der Waals surface area contributed by atoms with Crippen LogP contribution in [0.25, 0.3) is 0 Å². The van der Waals surface area contributed by atoms with Gasteiger partial charge in [0.2, 0.25) is 0 Å². The van der Waals surface area contributed by atoms with Crippen molar-refractivity contribution in [1.82, 2.24) is 0 Å². The average molecular weight is 340 g/mol. The molecule has 2 aromatic carbocycles. The quantitative estimate of drug-likeness (QED) is 0.350. The summed E-state index contributed by atoms with van der Waals surface area (Å²) in [5, 5.41) is 10.5. The first-order valence-electron chi connectivity index (χ1n) is 6.46. The number of carbonyl (C=O) groups excluding carboxylic acids is 1. The van der Waals surface area contributed by atoms with Crippen molar-refractivity contribution >= 4 is 24.1 Å². The lowest BCUT2D eigenvalue weighted by Gasteiger charge is -2.12. The van der Waals surface area contributed by atoms with Gasteiger partial charge in [-0.2, -0.15) is 4.89 Å². The zero-order valence-electron chi connectivity index (χ0n) is 12.8. The first kappa shape index (κ1) is 20.6. The highest BCUT2D eigenvalue weighted by Gasteiger charge is 2.08. The van der Waals surface area contributed by atoms with Crippen LogP contribution in [0.1, 0.15) is 18.6 Å². The molecule has 0 aliphatic rings. The number of carbonyl (C=O) groups is 1. The number of nitro benzene ring substituents is 1. The number of rotatable bonds is 5. The summed E-state index contributed by atoms with van der Waals surface area (Å²) in [7, 11) is 0. The maximum Gasteiger partial charge on any atom is 0.269 e. The van der Waals surface area contributed by atoms with Gasteiger partial charge >= 0.3 is 0 Å². The van der Waals surface area contributed by atoms with E-state index in [1.54, 1.807) is 0 Å². The predicted molar refractivity (Wildman–Crippen MR) is 88.6 cm³/mol. The Morgan fingerprint density at radius 1 is 1.04 bits per heavy atom. The minimum absolute atomic E-state index is 0.0171. The van der Waals surface area contributed by atoms with Crippen LogP contribution in [0.5, 0.6) is 5.75 Å². The first-order chi connectivity index (χ1) is 11.2. The fraction of sp³-hybridized carbons (Fsp3) is 0.188. The standard InChI is InChI=1S/C14H13NO4.CH3Cl.CH2O/c1-11(12-5-3-2-4-6-12)18-19-14-9-7-13(8-10-14)15(16)17;2*1-2/h2-11H,1H3;1H3;1H2. The fourth-order valence-electron chi connectivity index (χ4n) is 1.53. The van der Waals surface area contributed by atoms with Gasteiger partial charge in [0.15, 0.2) is 5.75 Å². The van der Waals surface area contributed by atoms with E-state index in [9.17, 15) is 10.1 Å². The van der Waals surface area contributed by atoms with Gasteiger partial charge in [-0.05, 0) is 24.6 Å². The molecular weight excluding hydrogens is 322 g/mol. The Hall–Kier alpha value is -2.44. The number of nitrogens with zero attached hydrogens (tertiary/aromatic N) is 1. The monoisotopic (exact) mass is 339 g/mol. The summed E-state index contributed by atoms with van der Waals surface area (Å²) in [5.74, 6) is 0.424. The molecule has 2 aromatic rings. The smallest absolute Gasteiger partial charge is 0.269 e. The van der Waals surface area contributed by atoms with Gasteiger partial charge in [-0.15, -0.1) is 11.6 Å². The van der Waals surface area contributed by atoms with Gasteiger partial charge in [0, 0.05) is 18.5 Å². The highest BCUT2D eigenvalue weighted by atomic mass is 35.5. The van der Waals surface area contributed by atoms with E-state index >= 15 is 0 Å². The Kier molecular flexibility index (Phi) is 10.9. The van der Waals surface area contributed by atoms with Crippen molar-refractivity contribution in [1.29, 1.82) is 0 Å². The van der Waals surface area contributed by atoms with Crippen LogP contribution in [0, 0.1) is 10.1 Å². The molecule has 0 radical (unpaired) electrons. The third kappa shape index (κ3) is 7.39. The maximum absolute atomic E-state index is 10.5. The zero-order chi connectivity index (χ0) is 17.7. The van der Waals surface area contributed by atoms with E-state index in [1.807, 2.05) is 44.0 Å². The number of hydrogen-bond donors (Lipinski definition) is 0. The Bertz CT molecular complexity index is 562. The van der Waals surface area contributed by atoms with E-state index in [0.29, 0.717) is 5.75 Å². The molecule has 0 N–H and O–H groups in total. The van der Waals surface area contributed by atoms with E-state index in [-0.39, 0.29) is 11.8 Å². The Labute approximate surface area is 139 Å². The van der Waals surface area contributed by atoms with Crippen molar-refractivity contribution in [2.24, 2.45) is 0 Å². The van der Waals surface area contributed by atoms with Crippen LogP contribution in [0.3, 0.4) is 0 Å². The third-order valence-electron chi connectivity index (χ3n) is 2.61. The number of halogens is 1. The molecule has 6 nitrogen and oxygen atoms in total. The van der Waals surface area contributed by atoms with Crippen LogP contribution < -0.4 is 4.89 Å². The van der Waals surface area contributed by atoms with Crippen molar-refractivity contribution in [3.05, 3.63) is 70.3 Å². The van der Waals surface area contributed by atoms with Crippen LogP contribution in [-0.4, -0.2) is 18.1 Å². The molecule has 0 saturated heterocycles. The normalized spacial score (nSPS) is 10.2. The highest BCUT2D eigenvalue weighted by Crippen LogP contribution is 2.21. The van der Waals surface area contributed by atoms with Gasteiger partial charge in [-0.25, -0.2) is 0 Å². The second-order valence-electron chi connectivity index (χ2n) is 3.98. The predicted octanol–water partition coefficient (Wildman–Crippen LogP) is 4.34. The molecule has 23 heavy (non-hydrogen) atoms. The SMILES string of the molecule is C=O.CC(OOc1ccc([N+](=O)[O-])cc1)c1ccccc1.CCl. The second-order valence-corrected chi connectivity index (χ2v) is 3.98. The fourth-order valence-corrected chi connectivity index (χ4v) is 1.53. The van der Waals surface area contributed by atoms with E-state index < -0.39 is 4.92 Å². The van der Waals surface area contributed by atoms with Crippen molar-refractivity contribution < 1.29 is 19.5 Å².